The summed E-state index contributed by atoms with van der Waals surface area (Å²) in [5.74, 6) is 1.55. The van der Waals surface area contributed by atoms with E-state index in [1.165, 1.54) is 17.7 Å². The van der Waals surface area contributed by atoms with Gasteiger partial charge in [-0.25, -0.2) is 9.97 Å². The SMILES string of the molecule is CCc1ccc(C(=O)N2CCN(c3nc(-c4ccccc4)nc(C)c3Cc3ccc([N+](=O)[O-])cc3)CC2)cc1. The fraction of sp³-hybridized carbons (Fsp3) is 0.258. The molecule has 5 rings (SSSR count). The van der Waals surface area contributed by atoms with Crippen molar-refractivity contribution in [2.75, 3.05) is 31.1 Å². The fourth-order valence-electron chi connectivity index (χ4n) is 4.89. The van der Waals surface area contributed by atoms with Gasteiger partial charge in [-0.05, 0) is 36.6 Å². The molecule has 4 aromatic rings. The minimum Gasteiger partial charge on any atom is -0.353 e. The molecule has 0 bridgehead atoms. The van der Waals surface area contributed by atoms with E-state index in [-0.39, 0.29) is 11.6 Å². The molecule has 0 atom stereocenters. The first-order valence-corrected chi connectivity index (χ1v) is 13.2. The van der Waals surface area contributed by atoms with Gasteiger partial charge in [0.2, 0.25) is 0 Å². The van der Waals surface area contributed by atoms with Crippen LogP contribution in [-0.4, -0.2) is 51.9 Å². The van der Waals surface area contributed by atoms with Gasteiger partial charge in [-0.1, -0.05) is 61.5 Å². The highest BCUT2D eigenvalue weighted by Gasteiger charge is 2.26. The average molecular weight is 522 g/mol. The number of aromatic nitrogens is 2. The van der Waals surface area contributed by atoms with E-state index in [9.17, 15) is 14.9 Å². The third kappa shape index (κ3) is 5.80. The highest BCUT2D eigenvalue weighted by Crippen LogP contribution is 2.29. The van der Waals surface area contributed by atoms with E-state index >= 15 is 0 Å². The summed E-state index contributed by atoms with van der Waals surface area (Å²) in [4.78, 5) is 37.8. The number of amides is 1. The quantitative estimate of drug-likeness (QED) is 0.236. The van der Waals surface area contributed by atoms with Gasteiger partial charge in [0.25, 0.3) is 11.6 Å². The van der Waals surface area contributed by atoms with Crippen LogP contribution in [0.5, 0.6) is 0 Å². The number of aryl methyl sites for hydroxylation is 2. The maximum absolute atomic E-state index is 13.2. The number of non-ortho nitro benzene ring substituents is 1. The van der Waals surface area contributed by atoms with E-state index in [1.54, 1.807) is 12.1 Å². The lowest BCUT2D eigenvalue weighted by molar-refractivity contribution is -0.384. The van der Waals surface area contributed by atoms with Crippen LogP contribution < -0.4 is 4.90 Å². The molecule has 0 unspecified atom stereocenters. The molecule has 0 N–H and O–H groups in total. The van der Waals surface area contributed by atoms with Crippen molar-refractivity contribution in [3.8, 4) is 11.4 Å². The fourth-order valence-corrected chi connectivity index (χ4v) is 4.89. The third-order valence-electron chi connectivity index (χ3n) is 7.23. The molecule has 198 valence electrons. The van der Waals surface area contributed by atoms with Crippen molar-refractivity contribution in [2.24, 2.45) is 0 Å². The van der Waals surface area contributed by atoms with Crippen molar-refractivity contribution in [3.05, 3.63) is 117 Å². The zero-order valence-electron chi connectivity index (χ0n) is 22.2. The number of anilines is 1. The van der Waals surface area contributed by atoms with Gasteiger partial charge in [0.15, 0.2) is 5.82 Å². The molecule has 0 radical (unpaired) electrons. The van der Waals surface area contributed by atoms with E-state index in [2.05, 4.69) is 11.8 Å². The molecule has 1 aliphatic heterocycles. The summed E-state index contributed by atoms with van der Waals surface area (Å²) in [6.07, 6.45) is 1.50. The first-order valence-electron chi connectivity index (χ1n) is 13.2. The average Bonchev–Trinajstić information content (AvgIpc) is 2.98. The second-order valence-electron chi connectivity index (χ2n) is 9.73. The normalized spacial score (nSPS) is 13.4. The first kappa shape index (κ1) is 26.0. The molecule has 0 aliphatic carbocycles. The standard InChI is InChI=1S/C31H31N5O3/c1-3-23-9-13-26(14-10-23)31(37)35-19-17-34(18-20-35)30-28(21-24-11-15-27(16-12-24)36(38)39)22(2)32-29(33-30)25-7-5-4-6-8-25/h4-16H,3,17-21H2,1-2H3. The molecule has 1 aromatic heterocycles. The van der Waals surface area contributed by atoms with E-state index in [4.69, 9.17) is 9.97 Å². The summed E-state index contributed by atoms with van der Waals surface area (Å²) >= 11 is 0. The lowest BCUT2D eigenvalue weighted by Crippen LogP contribution is -2.49. The minimum atomic E-state index is -0.392. The molecule has 1 fully saturated rings. The molecule has 3 aromatic carbocycles. The number of nitro groups is 1. The zero-order chi connectivity index (χ0) is 27.4. The Hall–Kier alpha value is -4.59. The Morgan fingerprint density at radius 1 is 0.872 bits per heavy atom. The van der Waals surface area contributed by atoms with Crippen molar-refractivity contribution < 1.29 is 9.72 Å². The number of nitro benzene ring substituents is 1. The largest absolute Gasteiger partial charge is 0.353 e. The van der Waals surface area contributed by atoms with E-state index in [1.807, 2.05) is 66.4 Å². The predicted molar refractivity (Wildman–Crippen MR) is 152 cm³/mol. The molecule has 1 amide bonds. The van der Waals surface area contributed by atoms with Crippen LogP contribution in [0.25, 0.3) is 11.4 Å². The van der Waals surface area contributed by atoms with Gasteiger partial charge in [-0.2, -0.15) is 0 Å². The van der Waals surface area contributed by atoms with Crippen molar-refractivity contribution in [1.29, 1.82) is 0 Å². The Kier molecular flexibility index (Phi) is 7.63. The van der Waals surface area contributed by atoms with Gasteiger partial charge in [-0.15, -0.1) is 0 Å². The van der Waals surface area contributed by atoms with Gasteiger partial charge in [0.1, 0.15) is 5.82 Å². The second-order valence-corrected chi connectivity index (χ2v) is 9.73. The molecular formula is C31H31N5O3. The van der Waals surface area contributed by atoms with Crippen LogP contribution in [0, 0.1) is 17.0 Å². The second kappa shape index (κ2) is 11.4. The summed E-state index contributed by atoms with van der Waals surface area (Å²) in [5, 5.41) is 11.1. The van der Waals surface area contributed by atoms with Crippen molar-refractivity contribution >= 4 is 17.4 Å². The predicted octanol–water partition coefficient (Wildman–Crippen LogP) is 5.48. The number of hydrogen-bond acceptors (Lipinski definition) is 6. The summed E-state index contributed by atoms with van der Waals surface area (Å²) in [6, 6.07) is 24.4. The van der Waals surface area contributed by atoms with Crippen LogP contribution >= 0.6 is 0 Å². The van der Waals surface area contributed by atoms with Gasteiger partial charge in [0.05, 0.1) is 4.92 Å². The third-order valence-corrected chi connectivity index (χ3v) is 7.23. The zero-order valence-corrected chi connectivity index (χ0v) is 22.2. The Labute approximate surface area is 228 Å². The van der Waals surface area contributed by atoms with E-state index < -0.39 is 4.92 Å². The summed E-state index contributed by atoms with van der Waals surface area (Å²) < 4.78 is 0. The van der Waals surface area contributed by atoms with Gasteiger partial charge < -0.3 is 9.80 Å². The molecule has 1 aliphatic rings. The summed E-state index contributed by atoms with van der Waals surface area (Å²) in [5.41, 5.74) is 5.73. The van der Waals surface area contributed by atoms with Gasteiger partial charge >= 0.3 is 0 Å². The lowest BCUT2D eigenvalue weighted by atomic mass is 10.0. The Morgan fingerprint density at radius 3 is 2.13 bits per heavy atom. The van der Waals surface area contributed by atoms with E-state index in [0.717, 1.165) is 34.6 Å². The molecule has 8 nitrogen and oxygen atoms in total. The van der Waals surface area contributed by atoms with Crippen LogP contribution in [-0.2, 0) is 12.8 Å². The highest BCUT2D eigenvalue weighted by atomic mass is 16.6. The Morgan fingerprint density at radius 2 is 1.51 bits per heavy atom. The monoisotopic (exact) mass is 521 g/mol. The number of piperazine rings is 1. The van der Waals surface area contributed by atoms with Crippen LogP contribution in [0.1, 0.15) is 39.7 Å². The van der Waals surface area contributed by atoms with Crippen LogP contribution in [0.4, 0.5) is 11.5 Å². The summed E-state index contributed by atoms with van der Waals surface area (Å²) in [7, 11) is 0. The number of carbonyl (C=O) groups is 1. The van der Waals surface area contributed by atoms with Crippen molar-refractivity contribution in [2.45, 2.75) is 26.7 Å². The van der Waals surface area contributed by atoms with Crippen LogP contribution in [0.2, 0.25) is 0 Å². The molecule has 2 heterocycles. The highest BCUT2D eigenvalue weighted by molar-refractivity contribution is 5.94. The van der Waals surface area contributed by atoms with Gasteiger partial charge in [0, 0.05) is 67.1 Å². The minimum absolute atomic E-state index is 0.0484. The van der Waals surface area contributed by atoms with Gasteiger partial charge in [-0.3, -0.25) is 14.9 Å². The number of rotatable bonds is 7. The molecule has 39 heavy (non-hydrogen) atoms. The number of hydrogen-bond donors (Lipinski definition) is 0. The van der Waals surface area contributed by atoms with Crippen LogP contribution in [0.3, 0.4) is 0 Å². The van der Waals surface area contributed by atoms with E-state index in [0.29, 0.717) is 44.0 Å². The summed E-state index contributed by atoms with van der Waals surface area (Å²) in [6.45, 7) is 6.57. The Balaban J connectivity index is 1.41. The molecular weight excluding hydrogens is 490 g/mol. The van der Waals surface area contributed by atoms with Crippen molar-refractivity contribution in [1.82, 2.24) is 14.9 Å². The maximum Gasteiger partial charge on any atom is 0.269 e. The molecule has 0 spiro atoms. The molecule has 8 heteroatoms. The number of nitrogens with zero attached hydrogens (tertiary/aromatic N) is 5. The number of benzene rings is 3. The lowest BCUT2D eigenvalue weighted by Gasteiger charge is -2.36. The first-order chi connectivity index (χ1) is 18.9. The van der Waals surface area contributed by atoms with Crippen molar-refractivity contribution in [3.63, 3.8) is 0 Å². The topological polar surface area (TPSA) is 92.5 Å². The van der Waals surface area contributed by atoms with Crippen LogP contribution in [0.15, 0.2) is 78.9 Å². The Bertz CT molecular complexity index is 1460. The maximum atomic E-state index is 13.2. The smallest absolute Gasteiger partial charge is 0.269 e. The molecule has 1 saturated heterocycles. The molecule has 0 saturated carbocycles. The number of carbonyl (C=O) groups excluding carboxylic acids is 1.